The molecule has 3 aromatic rings. The second-order valence-corrected chi connectivity index (χ2v) is 7.83. The molecule has 1 aliphatic heterocycles. The van der Waals surface area contributed by atoms with Crippen molar-refractivity contribution < 1.29 is 49.3 Å². The number of ether oxygens (including phenoxy) is 3. The van der Waals surface area contributed by atoms with Gasteiger partial charge < -0.3 is 49.3 Å². The number of methoxy groups -OCH3 is 2. The number of aliphatic hydroxyl groups is 4. The third-order valence-electron chi connectivity index (χ3n) is 5.84. The van der Waals surface area contributed by atoms with E-state index in [1.165, 1.54) is 44.6 Å². The van der Waals surface area contributed by atoms with Gasteiger partial charge in [0, 0.05) is 17.7 Å². The van der Waals surface area contributed by atoms with Gasteiger partial charge in [-0.2, -0.15) is 0 Å². The van der Waals surface area contributed by atoms with Gasteiger partial charge in [0.15, 0.2) is 22.5 Å². The minimum Gasteiger partial charge on any atom is -0.504 e. The summed E-state index contributed by atoms with van der Waals surface area (Å²) >= 11 is 0. The lowest BCUT2D eigenvalue weighted by Crippen LogP contribution is -2.55. The van der Waals surface area contributed by atoms with Crippen LogP contribution >= 0.6 is 0 Å². The highest BCUT2D eigenvalue weighted by molar-refractivity contribution is 5.90. The van der Waals surface area contributed by atoms with Crippen LogP contribution in [0.3, 0.4) is 0 Å². The summed E-state index contributed by atoms with van der Waals surface area (Å²) in [5, 5.41) is 60.3. The van der Waals surface area contributed by atoms with E-state index in [4.69, 9.17) is 18.6 Å². The number of benzene rings is 2. The van der Waals surface area contributed by atoms with Gasteiger partial charge in [-0.25, -0.2) is 0 Å². The Hall–Kier alpha value is -3.35. The zero-order valence-corrected chi connectivity index (χ0v) is 18.2. The predicted molar refractivity (Wildman–Crippen MR) is 117 cm³/mol. The molecule has 11 heteroatoms. The minimum atomic E-state index is -1.68. The van der Waals surface area contributed by atoms with E-state index >= 15 is 0 Å². The maximum absolute atomic E-state index is 13.1. The van der Waals surface area contributed by atoms with E-state index in [-0.39, 0.29) is 45.1 Å². The van der Waals surface area contributed by atoms with Crippen LogP contribution in [0.25, 0.3) is 22.3 Å². The molecule has 0 spiro atoms. The lowest BCUT2D eigenvalue weighted by molar-refractivity contribution is -0.231. The third kappa shape index (κ3) is 3.83. The van der Waals surface area contributed by atoms with Gasteiger partial charge in [-0.15, -0.1) is 0 Å². The van der Waals surface area contributed by atoms with Crippen molar-refractivity contribution in [2.45, 2.75) is 30.5 Å². The molecule has 182 valence electrons. The summed E-state index contributed by atoms with van der Waals surface area (Å²) in [6, 6.07) is 6.40. The molecule has 1 saturated heterocycles. The van der Waals surface area contributed by atoms with Gasteiger partial charge in [0.1, 0.15) is 53.2 Å². The number of aliphatic hydroxyl groups excluding tert-OH is 4. The summed E-state index contributed by atoms with van der Waals surface area (Å²) < 4.78 is 22.5. The molecule has 2 unspecified atom stereocenters. The van der Waals surface area contributed by atoms with E-state index < -0.39 is 48.3 Å². The van der Waals surface area contributed by atoms with Crippen LogP contribution in [0.1, 0.15) is 11.7 Å². The Morgan fingerprint density at radius 2 is 1.62 bits per heavy atom. The maximum atomic E-state index is 13.1. The first-order chi connectivity index (χ1) is 16.2. The molecule has 0 saturated carbocycles. The molecular weight excluding hydrogens is 452 g/mol. The van der Waals surface area contributed by atoms with Crippen LogP contribution in [-0.4, -0.2) is 75.9 Å². The highest BCUT2D eigenvalue weighted by Gasteiger charge is 2.46. The van der Waals surface area contributed by atoms with Gasteiger partial charge in [-0.3, -0.25) is 4.79 Å². The predicted octanol–water partition coefficient (Wildman–Crippen LogP) is 0.403. The second-order valence-electron chi connectivity index (χ2n) is 7.83. The minimum absolute atomic E-state index is 0.00828. The molecular formula is C23H24O11. The average molecular weight is 476 g/mol. The highest BCUT2D eigenvalue weighted by atomic mass is 16.5. The van der Waals surface area contributed by atoms with E-state index in [1.54, 1.807) is 0 Å². The highest BCUT2D eigenvalue weighted by Crippen LogP contribution is 2.44. The van der Waals surface area contributed by atoms with Crippen LogP contribution in [0.15, 0.2) is 39.5 Å². The Morgan fingerprint density at radius 1 is 0.912 bits per heavy atom. The molecule has 0 aliphatic carbocycles. The van der Waals surface area contributed by atoms with Crippen LogP contribution in [0.5, 0.6) is 23.0 Å². The summed E-state index contributed by atoms with van der Waals surface area (Å²) in [6.45, 7) is -0.653. The van der Waals surface area contributed by atoms with Crippen LogP contribution in [0.2, 0.25) is 0 Å². The Labute approximate surface area is 192 Å². The second kappa shape index (κ2) is 9.12. The molecule has 0 bridgehead atoms. The fourth-order valence-corrected chi connectivity index (χ4v) is 4.06. The molecule has 0 amide bonds. The molecule has 5 atom stereocenters. The van der Waals surface area contributed by atoms with Crippen LogP contribution in [0.4, 0.5) is 0 Å². The van der Waals surface area contributed by atoms with E-state index in [1.807, 2.05) is 0 Å². The summed E-state index contributed by atoms with van der Waals surface area (Å²) in [5.41, 5.74) is -0.335. The molecule has 34 heavy (non-hydrogen) atoms. The van der Waals surface area contributed by atoms with Gasteiger partial charge in [-0.05, 0) is 18.2 Å². The van der Waals surface area contributed by atoms with E-state index in [0.29, 0.717) is 0 Å². The van der Waals surface area contributed by atoms with Crippen LogP contribution < -0.4 is 14.9 Å². The molecule has 6 N–H and O–H groups in total. The van der Waals surface area contributed by atoms with Gasteiger partial charge in [0.25, 0.3) is 0 Å². The SMILES string of the molecule is COc1cc(OC)c2c(=O)cc(-c3ccc(O)c(O)c3)oc2c1[C@@H]1OC(CO)[C@@H](O)[C@H](O)C1O. The molecule has 0 radical (unpaired) electrons. The maximum Gasteiger partial charge on any atom is 0.197 e. The topological polar surface area (TPSA) is 179 Å². The van der Waals surface area contributed by atoms with E-state index in [0.717, 1.165) is 0 Å². The molecule has 1 aliphatic rings. The van der Waals surface area contributed by atoms with Gasteiger partial charge in [-0.1, -0.05) is 0 Å². The number of fused-ring (bicyclic) bond motifs is 1. The van der Waals surface area contributed by atoms with Crippen molar-refractivity contribution in [1.29, 1.82) is 0 Å². The van der Waals surface area contributed by atoms with Crippen molar-refractivity contribution in [2.75, 3.05) is 20.8 Å². The Bertz CT molecular complexity index is 1270. The fourth-order valence-electron chi connectivity index (χ4n) is 4.06. The van der Waals surface area contributed by atoms with Crippen LogP contribution in [-0.2, 0) is 4.74 Å². The van der Waals surface area contributed by atoms with Crippen LogP contribution in [0, 0.1) is 0 Å². The van der Waals surface area contributed by atoms with Gasteiger partial charge in [0.05, 0.1) is 26.4 Å². The van der Waals surface area contributed by atoms with Crippen molar-refractivity contribution in [3.63, 3.8) is 0 Å². The standard InChI is InChI=1S/C23H24O11/c1-31-14-7-15(32-2)18(23-21(30)20(29)19(28)16(8-24)34-23)22-17(14)12(27)6-13(33-22)9-3-4-10(25)11(26)5-9/h3-7,16,19-21,23-26,28-30H,8H2,1-2H3/t16?,19-,20+,21?,23+/m1/s1. The summed E-state index contributed by atoms with van der Waals surface area (Å²) in [4.78, 5) is 13.1. The zero-order chi connectivity index (χ0) is 24.7. The lowest BCUT2D eigenvalue weighted by atomic mass is 9.89. The lowest BCUT2D eigenvalue weighted by Gasteiger charge is -2.40. The summed E-state index contributed by atoms with van der Waals surface area (Å²) in [5.74, 6) is -0.597. The van der Waals surface area contributed by atoms with Crippen molar-refractivity contribution in [1.82, 2.24) is 0 Å². The number of rotatable bonds is 5. The largest absolute Gasteiger partial charge is 0.504 e. The number of phenolic OH excluding ortho intramolecular Hbond substituents is 2. The Balaban J connectivity index is 2.02. The number of hydrogen-bond donors (Lipinski definition) is 6. The number of aromatic hydroxyl groups is 2. The molecule has 2 heterocycles. The molecule has 11 nitrogen and oxygen atoms in total. The smallest absolute Gasteiger partial charge is 0.197 e. The first kappa shape index (κ1) is 23.8. The fraction of sp³-hybridized carbons (Fsp3) is 0.348. The van der Waals surface area contributed by atoms with Crippen molar-refractivity contribution >= 4 is 11.0 Å². The Morgan fingerprint density at radius 3 is 2.24 bits per heavy atom. The third-order valence-corrected chi connectivity index (χ3v) is 5.84. The summed E-state index contributed by atoms with van der Waals surface area (Å²) in [6.07, 6.45) is -7.52. The van der Waals surface area contributed by atoms with Gasteiger partial charge in [0.2, 0.25) is 0 Å². The molecule has 1 fully saturated rings. The Kier molecular flexibility index (Phi) is 6.39. The number of hydrogen-bond acceptors (Lipinski definition) is 11. The van der Waals surface area contributed by atoms with Crippen molar-refractivity contribution in [2.24, 2.45) is 0 Å². The first-order valence-electron chi connectivity index (χ1n) is 10.3. The molecule has 4 rings (SSSR count). The van der Waals surface area contributed by atoms with E-state index in [9.17, 15) is 35.4 Å². The number of phenols is 2. The molecule has 2 aromatic carbocycles. The van der Waals surface area contributed by atoms with Crippen molar-refractivity contribution in [3.05, 3.63) is 46.1 Å². The zero-order valence-electron chi connectivity index (χ0n) is 18.2. The van der Waals surface area contributed by atoms with Crippen molar-refractivity contribution in [3.8, 4) is 34.3 Å². The first-order valence-corrected chi connectivity index (χ1v) is 10.3. The summed E-state index contributed by atoms with van der Waals surface area (Å²) in [7, 11) is 2.67. The average Bonchev–Trinajstić information content (AvgIpc) is 2.83. The normalized spacial score (nSPS) is 24.8. The van der Waals surface area contributed by atoms with E-state index in [2.05, 4.69) is 0 Å². The molecule has 1 aromatic heterocycles. The van der Waals surface area contributed by atoms with Gasteiger partial charge >= 0.3 is 0 Å². The quantitative estimate of drug-likeness (QED) is 0.281. The monoisotopic (exact) mass is 476 g/mol.